The average Bonchev–Trinajstić information content (AvgIpc) is 3.30. The van der Waals surface area contributed by atoms with E-state index in [1.807, 2.05) is 6.07 Å². The van der Waals surface area contributed by atoms with Crippen LogP contribution in [0.15, 0.2) is 30.3 Å². The number of likely N-dealkylation sites (tertiary alicyclic amines) is 1. The van der Waals surface area contributed by atoms with E-state index in [0.29, 0.717) is 12.4 Å². The second-order valence-electron chi connectivity index (χ2n) is 5.92. The molecule has 2 saturated heterocycles. The first kappa shape index (κ1) is 18.2. The smallest absolute Gasteiger partial charge is 0.429 e. The number of ketones is 1. The van der Waals surface area contributed by atoms with Gasteiger partial charge < -0.3 is 14.4 Å². The normalized spacial score (nSPS) is 19.5. The first-order valence-corrected chi connectivity index (χ1v) is 9.27. The Hall–Kier alpha value is -2.55. The minimum Gasteiger partial charge on any atom is -0.429 e. The van der Waals surface area contributed by atoms with Gasteiger partial charge in [0, 0.05) is 18.7 Å². The summed E-state index contributed by atoms with van der Waals surface area (Å²) < 4.78 is 9.53. The fraction of sp³-hybridized carbons (Fsp3) is 0.412. The predicted molar refractivity (Wildman–Crippen MR) is 92.3 cm³/mol. The summed E-state index contributed by atoms with van der Waals surface area (Å²) in [6.45, 7) is 0.289. The lowest BCUT2D eigenvalue weighted by Gasteiger charge is -2.25. The minimum absolute atomic E-state index is 0.0424. The molecule has 2 heterocycles. The first-order valence-electron chi connectivity index (χ1n) is 8.12. The summed E-state index contributed by atoms with van der Waals surface area (Å²) in [6.07, 6.45) is -2.27. The molecular formula is C17H18N2O6S. The predicted octanol–water partition coefficient (Wildman–Crippen LogP) is 1.64. The molecule has 3 rings (SSSR count). The van der Waals surface area contributed by atoms with Crippen molar-refractivity contribution in [2.45, 2.75) is 19.1 Å². The van der Waals surface area contributed by atoms with Crippen LogP contribution >= 0.6 is 11.8 Å². The van der Waals surface area contributed by atoms with Gasteiger partial charge in [-0.05, 0) is 5.56 Å². The van der Waals surface area contributed by atoms with Crippen LogP contribution in [-0.4, -0.2) is 64.5 Å². The lowest BCUT2D eigenvalue weighted by Crippen LogP contribution is -2.47. The van der Waals surface area contributed by atoms with Crippen LogP contribution in [0.4, 0.5) is 9.59 Å². The maximum Gasteiger partial charge on any atom is 0.517 e. The molecule has 138 valence electrons. The van der Waals surface area contributed by atoms with Crippen molar-refractivity contribution in [3.8, 4) is 0 Å². The number of hydrogen-bond donors (Lipinski definition) is 0. The Bertz CT molecular complexity index is 704. The van der Waals surface area contributed by atoms with Crippen LogP contribution in [0, 0.1) is 0 Å². The molecule has 2 aliphatic rings. The molecular weight excluding hydrogens is 360 g/mol. The van der Waals surface area contributed by atoms with Crippen LogP contribution < -0.4 is 0 Å². The van der Waals surface area contributed by atoms with Gasteiger partial charge in [0.25, 0.3) is 0 Å². The van der Waals surface area contributed by atoms with Gasteiger partial charge in [0.1, 0.15) is 12.6 Å². The number of benzene rings is 1. The minimum atomic E-state index is -1.17. The van der Waals surface area contributed by atoms with E-state index >= 15 is 0 Å². The number of rotatable bonds is 3. The van der Waals surface area contributed by atoms with Gasteiger partial charge in [-0.1, -0.05) is 30.3 Å². The molecule has 2 aliphatic heterocycles. The van der Waals surface area contributed by atoms with Gasteiger partial charge in [-0.25, -0.2) is 9.59 Å². The largest absolute Gasteiger partial charge is 0.517 e. The summed E-state index contributed by atoms with van der Waals surface area (Å²) in [4.78, 5) is 50.8. The number of ether oxygens (including phenoxy) is 2. The zero-order chi connectivity index (χ0) is 18.5. The Morgan fingerprint density at radius 1 is 1.19 bits per heavy atom. The number of Topliss-reactive ketones (excluding diaryl/α,β-unsaturated/α-hetero) is 1. The van der Waals surface area contributed by atoms with Crippen LogP contribution in [0.25, 0.3) is 0 Å². The summed E-state index contributed by atoms with van der Waals surface area (Å²) in [5.74, 6) is 0.814. The van der Waals surface area contributed by atoms with E-state index in [-0.39, 0.29) is 31.3 Å². The summed E-state index contributed by atoms with van der Waals surface area (Å²) >= 11 is 1.61. The molecule has 2 amide bonds. The lowest BCUT2D eigenvalue weighted by atomic mass is 10.2. The Labute approximate surface area is 154 Å². The molecule has 9 heteroatoms. The third-order valence-electron chi connectivity index (χ3n) is 4.10. The second kappa shape index (κ2) is 8.22. The van der Waals surface area contributed by atoms with E-state index in [0.717, 1.165) is 16.2 Å². The van der Waals surface area contributed by atoms with Gasteiger partial charge in [0.05, 0.1) is 12.4 Å². The van der Waals surface area contributed by atoms with Crippen molar-refractivity contribution in [3.63, 3.8) is 0 Å². The number of carbonyl (C=O) groups excluding carboxylic acids is 4. The lowest BCUT2D eigenvalue weighted by molar-refractivity contribution is -0.134. The van der Waals surface area contributed by atoms with Gasteiger partial charge in [0.2, 0.25) is 5.91 Å². The van der Waals surface area contributed by atoms with E-state index in [9.17, 15) is 19.2 Å². The molecule has 1 aromatic rings. The maximum atomic E-state index is 12.5. The molecule has 0 radical (unpaired) electrons. The maximum absolute atomic E-state index is 12.5. The number of nitrogens with zero attached hydrogens (tertiary/aromatic N) is 2. The molecule has 0 saturated carbocycles. The SMILES string of the molecule is O=C1C[C@@H](C(=O)N2CCSC2)N(C(=O)OC(=O)OCc2ccccc2)C1. The highest BCUT2D eigenvalue weighted by molar-refractivity contribution is 7.99. The fourth-order valence-electron chi connectivity index (χ4n) is 2.78. The molecule has 0 aliphatic carbocycles. The first-order chi connectivity index (χ1) is 12.5. The van der Waals surface area contributed by atoms with Gasteiger partial charge in [-0.2, -0.15) is 0 Å². The van der Waals surface area contributed by atoms with E-state index in [4.69, 9.17) is 4.74 Å². The zero-order valence-corrected chi connectivity index (χ0v) is 14.8. The third-order valence-corrected chi connectivity index (χ3v) is 5.06. The molecule has 8 nitrogen and oxygen atoms in total. The van der Waals surface area contributed by atoms with Crippen molar-refractivity contribution >= 4 is 35.7 Å². The molecule has 2 fully saturated rings. The van der Waals surface area contributed by atoms with E-state index < -0.39 is 18.3 Å². The summed E-state index contributed by atoms with van der Waals surface area (Å²) in [7, 11) is 0. The molecule has 0 aromatic heterocycles. The standard InChI is InChI=1S/C17H18N2O6S/c20-13-8-14(15(21)18-6-7-26-11-18)19(9-13)16(22)25-17(23)24-10-12-4-2-1-3-5-12/h1-5,14H,6-11H2/t14-/m0/s1. The molecule has 1 aromatic carbocycles. The Morgan fingerprint density at radius 3 is 2.65 bits per heavy atom. The van der Waals surface area contributed by atoms with E-state index in [1.165, 1.54) is 0 Å². The molecule has 0 spiro atoms. The third kappa shape index (κ3) is 4.34. The van der Waals surface area contributed by atoms with Gasteiger partial charge in [0.15, 0.2) is 5.78 Å². The van der Waals surface area contributed by atoms with Crippen LogP contribution in [0.3, 0.4) is 0 Å². The van der Waals surface area contributed by atoms with Crippen LogP contribution in [0.2, 0.25) is 0 Å². The average molecular weight is 378 g/mol. The molecule has 0 unspecified atom stereocenters. The Kier molecular flexibility index (Phi) is 5.77. The van der Waals surface area contributed by atoms with Crippen LogP contribution in [0.1, 0.15) is 12.0 Å². The quantitative estimate of drug-likeness (QED) is 0.583. The number of amides is 2. The zero-order valence-electron chi connectivity index (χ0n) is 14.0. The summed E-state index contributed by atoms with van der Waals surface area (Å²) in [5.41, 5.74) is 0.743. The second-order valence-corrected chi connectivity index (χ2v) is 6.99. The van der Waals surface area contributed by atoms with Gasteiger partial charge in [-0.3, -0.25) is 14.5 Å². The van der Waals surface area contributed by atoms with Gasteiger partial charge in [-0.15, -0.1) is 11.8 Å². The molecule has 0 N–H and O–H groups in total. The van der Waals surface area contributed by atoms with Crippen molar-refractivity contribution in [1.82, 2.24) is 9.80 Å². The van der Waals surface area contributed by atoms with Crippen molar-refractivity contribution in [2.24, 2.45) is 0 Å². The summed E-state index contributed by atoms with van der Waals surface area (Å²) in [5, 5.41) is 0. The van der Waals surface area contributed by atoms with Crippen molar-refractivity contribution in [2.75, 3.05) is 24.7 Å². The van der Waals surface area contributed by atoms with Crippen molar-refractivity contribution < 1.29 is 28.7 Å². The highest BCUT2D eigenvalue weighted by atomic mass is 32.2. The Morgan fingerprint density at radius 2 is 1.96 bits per heavy atom. The van der Waals surface area contributed by atoms with Gasteiger partial charge >= 0.3 is 12.2 Å². The monoisotopic (exact) mass is 378 g/mol. The number of carbonyl (C=O) groups is 4. The van der Waals surface area contributed by atoms with Crippen LogP contribution in [-0.2, 0) is 25.7 Å². The van der Waals surface area contributed by atoms with Crippen molar-refractivity contribution in [3.05, 3.63) is 35.9 Å². The summed E-state index contributed by atoms with van der Waals surface area (Å²) in [6, 6.07) is 8.01. The van der Waals surface area contributed by atoms with Crippen LogP contribution in [0.5, 0.6) is 0 Å². The van der Waals surface area contributed by atoms with Crippen molar-refractivity contribution in [1.29, 1.82) is 0 Å². The Balaban J connectivity index is 1.55. The van der Waals surface area contributed by atoms with E-state index in [1.54, 1.807) is 40.9 Å². The topological polar surface area (TPSA) is 93.2 Å². The fourth-order valence-corrected chi connectivity index (χ4v) is 3.73. The number of thioether (sulfide) groups is 1. The highest BCUT2D eigenvalue weighted by Crippen LogP contribution is 2.22. The number of hydrogen-bond acceptors (Lipinski definition) is 7. The van der Waals surface area contributed by atoms with E-state index in [2.05, 4.69) is 4.74 Å². The highest BCUT2D eigenvalue weighted by Gasteiger charge is 2.42. The molecule has 0 bridgehead atoms. The molecule has 26 heavy (non-hydrogen) atoms. The molecule has 1 atom stereocenters.